The molecule has 1 aromatic carbocycles. The van der Waals surface area contributed by atoms with Crippen molar-refractivity contribution in [1.82, 2.24) is 4.90 Å². The molecule has 0 saturated carbocycles. The maximum absolute atomic E-state index is 11.6. The average Bonchev–Trinajstić information content (AvgIpc) is 2.47. The van der Waals surface area contributed by atoms with Crippen LogP contribution in [0.15, 0.2) is 24.3 Å². The van der Waals surface area contributed by atoms with Crippen molar-refractivity contribution in [3.05, 3.63) is 34.4 Å². The summed E-state index contributed by atoms with van der Waals surface area (Å²) in [6, 6.07) is 4.94. The van der Waals surface area contributed by atoms with Gasteiger partial charge in [0, 0.05) is 25.2 Å². The molecular formula is C13H16N2O6. The van der Waals surface area contributed by atoms with Gasteiger partial charge in [-0.2, -0.15) is 0 Å². The molecule has 0 spiro atoms. The van der Waals surface area contributed by atoms with E-state index in [0.29, 0.717) is 13.1 Å². The van der Waals surface area contributed by atoms with Gasteiger partial charge in [0.25, 0.3) is 11.6 Å². The highest BCUT2D eigenvalue weighted by molar-refractivity contribution is 5.79. The van der Waals surface area contributed by atoms with Gasteiger partial charge in [-0.05, 0) is 26.0 Å². The zero-order valence-corrected chi connectivity index (χ0v) is 11.8. The summed E-state index contributed by atoms with van der Waals surface area (Å²) in [4.78, 5) is 34.4. The van der Waals surface area contributed by atoms with Crippen molar-refractivity contribution in [2.45, 2.75) is 13.8 Å². The molecular weight excluding hydrogens is 280 g/mol. The highest BCUT2D eigenvalue weighted by Gasteiger charge is 2.14. The standard InChI is InChI=1S/C13H16N2O6/c1-3-14(4-2)12(16)9-20-13(17)21-11-7-5-10(6-8-11)15(18)19/h5-8H,3-4,9H2,1-2H3. The normalized spacial score (nSPS) is 9.81. The number of non-ortho nitro benzene ring substituents is 1. The molecule has 0 fully saturated rings. The van der Waals surface area contributed by atoms with Crippen LogP contribution in [-0.2, 0) is 9.53 Å². The van der Waals surface area contributed by atoms with Gasteiger partial charge in [0.05, 0.1) is 4.92 Å². The minimum Gasteiger partial charge on any atom is -0.424 e. The molecule has 0 unspecified atom stereocenters. The second-order valence-corrected chi connectivity index (χ2v) is 3.96. The van der Waals surface area contributed by atoms with Crippen LogP contribution in [0.2, 0.25) is 0 Å². The monoisotopic (exact) mass is 296 g/mol. The summed E-state index contributed by atoms with van der Waals surface area (Å²) >= 11 is 0. The van der Waals surface area contributed by atoms with Crippen LogP contribution in [0.4, 0.5) is 10.5 Å². The number of hydrogen-bond acceptors (Lipinski definition) is 6. The van der Waals surface area contributed by atoms with E-state index in [1.807, 2.05) is 13.8 Å². The largest absolute Gasteiger partial charge is 0.514 e. The summed E-state index contributed by atoms with van der Waals surface area (Å²) in [5, 5.41) is 10.5. The number of amides is 1. The molecule has 1 rings (SSSR count). The van der Waals surface area contributed by atoms with Crippen LogP contribution in [0, 0.1) is 10.1 Å². The number of ether oxygens (including phenoxy) is 2. The van der Waals surface area contributed by atoms with E-state index in [4.69, 9.17) is 4.74 Å². The lowest BCUT2D eigenvalue weighted by atomic mass is 10.3. The van der Waals surface area contributed by atoms with Crippen LogP contribution in [0.5, 0.6) is 5.75 Å². The highest BCUT2D eigenvalue weighted by atomic mass is 16.7. The molecule has 0 saturated heterocycles. The van der Waals surface area contributed by atoms with Gasteiger partial charge >= 0.3 is 6.16 Å². The van der Waals surface area contributed by atoms with Crippen LogP contribution < -0.4 is 4.74 Å². The molecule has 0 atom stereocenters. The Labute approximate surface area is 121 Å². The molecule has 21 heavy (non-hydrogen) atoms. The van der Waals surface area contributed by atoms with Crippen molar-refractivity contribution in [2.24, 2.45) is 0 Å². The smallest absolute Gasteiger partial charge is 0.424 e. The minimum absolute atomic E-state index is 0.0980. The number of carbonyl (C=O) groups is 2. The summed E-state index contributed by atoms with van der Waals surface area (Å²) in [7, 11) is 0. The third kappa shape index (κ3) is 5.09. The molecule has 8 heteroatoms. The van der Waals surface area contributed by atoms with E-state index in [2.05, 4.69) is 4.74 Å². The Morgan fingerprint density at radius 3 is 2.24 bits per heavy atom. The first-order chi connectivity index (χ1) is 9.97. The lowest BCUT2D eigenvalue weighted by Crippen LogP contribution is -2.34. The maximum Gasteiger partial charge on any atom is 0.514 e. The topological polar surface area (TPSA) is 99.0 Å². The van der Waals surface area contributed by atoms with Crippen molar-refractivity contribution in [3.8, 4) is 5.75 Å². The summed E-state index contributed by atoms with van der Waals surface area (Å²) in [6.45, 7) is 4.27. The molecule has 0 radical (unpaired) electrons. The third-order valence-corrected chi connectivity index (χ3v) is 2.68. The maximum atomic E-state index is 11.6. The number of rotatable bonds is 6. The predicted octanol–water partition coefficient (Wildman–Crippen LogP) is 1.98. The lowest BCUT2D eigenvalue weighted by Gasteiger charge is -2.17. The third-order valence-electron chi connectivity index (χ3n) is 2.68. The number of hydrogen-bond donors (Lipinski definition) is 0. The molecule has 1 amide bonds. The summed E-state index contributed by atoms with van der Waals surface area (Å²) < 4.78 is 9.48. The summed E-state index contributed by atoms with van der Waals surface area (Å²) in [6.07, 6.45) is -1.04. The second-order valence-electron chi connectivity index (χ2n) is 3.96. The molecule has 0 N–H and O–H groups in total. The fraction of sp³-hybridized carbons (Fsp3) is 0.385. The van der Waals surface area contributed by atoms with Crippen LogP contribution >= 0.6 is 0 Å². The molecule has 0 aliphatic heterocycles. The second kappa shape index (κ2) is 7.83. The van der Waals surface area contributed by atoms with Crippen LogP contribution in [0.3, 0.4) is 0 Å². The van der Waals surface area contributed by atoms with Crippen molar-refractivity contribution in [2.75, 3.05) is 19.7 Å². The first-order valence-corrected chi connectivity index (χ1v) is 6.34. The average molecular weight is 296 g/mol. The number of nitro benzene ring substituents is 1. The minimum atomic E-state index is -1.04. The number of benzene rings is 1. The number of nitro groups is 1. The van der Waals surface area contributed by atoms with Gasteiger partial charge < -0.3 is 14.4 Å². The van der Waals surface area contributed by atoms with E-state index in [1.165, 1.54) is 29.2 Å². The summed E-state index contributed by atoms with van der Waals surface area (Å²) in [5.41, 5.74) is -0.118. The summed E-state index contributed by atoms with van der Waals surface area (Å²) in [5.74, 6) is -0.221. The van der Waals surface area contributed by atoms with Gasteiger partial charge in [-0.1, -0.05) is 0 Å². The van der Waals surface area contributed by atoms with Gasteiger partial charge in [-0.3, -0.25) is 14.9 Å². The number of carbonyl (C=O) groups excluding carboxylic acids is 2. The van der Waals surface area contributed by atoms with Gasteiger partial charge in [-0.25, -0.2) is 4.79 Å². The first-order valence-electron chi connectivity index (χ1n) is 6.34. The molecule has 0 heterocycles. The Balaban J connectivity index is 2.47. The van der Waals surface area contributed by atoms with Crippen molar-refractivity contribution >= 4 is 17.7 Å². The van der Waals surface area contributed by atoms with Gasteiger partial charge in [-0.15, -0.1) is 0 Å². The Hall–Kier alpha value is -2.64. The molecule has 8 nitrogen and oxygen atoms in total. The number of likely N-dealkylation sites (N-methyl/N-ethyl adjacent to an activating group) is 1. The van der Waals surface area contributed by atoms with Gasteiger partial charge in [0.2, 0.25) is 0 Å². The Morgan fingerprint density at radius 2 is 1.76 bits per heavy atom. The van der Waals surface area contributed by atoms with Crippen LogP contribution in [0.25, 0.3) is 0 Å². The molecule has 0 aliphatic carbocycles. The van der Waals surface area contributed by atoms with E-state index in [-0.39, 0.29) is 17.3 Å². The van der Waals surface area contributed by atoms with E-state index in [0.717, 1.165) is 0 Å². The van der Waals surface area contributed by atoms with E-state index in [1.54, 1.807) is 0 Å². The zero-order chi connectivity index (χ0) is 15.8. The molecule has 0 bridgehead atoms. The van der Waals surface area contributed by atoms with Crippen molar-refractivity contribution in [1.29, 1.82) is 0 Å². The SMILES string of the molecule is CCN(CC)C(=O)COC(=O)Oc1ccc([N+](=O)[O-])cc1. The van der Waals surface area contributed by atoms with E-state index in [9.17, 15) is 19.7 Å². The molecule has 114 valence electrons. The van der Waals surface area contributed by atoms with Gasteiger partial charge in [0.15, 0.2) is 6.61 Å². The zero-order valence-electron chi connectivity index (χ0n) is 11.8. The van der Waals surface area contributed by atoms with E-state index < -0.39 is 17.7 Å². The van der Waals surface area contributed by atoms with Crippen molar-refractivity contribution < 1.29 is 24.0 Å². The molecule has 1 aromatic rings. The van der Waals surface area contributed by atoms with E-state index >= 15 is 0 Å². The molecule has 0 aliphatic rings. The highest BCUT2D eigenvalue weighted by Crippen LogP contribution is 2.17. The fourth-order valence-electron chi connectivity index (χ4n) is 1.55. The van der Waals surface area contributed by atoms with Crippen LogP contribution in [0.1, 0.15) is 13.8 Å². The fourth-order valence-corrected chi connectivity index (χ4v) is 1.55. The first kappa shape index (κ1) is 16.4. The quantitative estimate of drug-likeness (QED) is 0.344. The van der Waals surface area contributed by atoms with Gasteiger partial charge in [0.1, 0.15) is 5.75 Å². The Kier molecular flexibility index (Phi) is 6.12. The Bertz CT molecular complexity index is 510. The van der Waals surface area contributed by atoms with Crippen molar-refractivity contribution in [3.63, 3.8) is 0 Å². The number of nitrogens with zero attached hydrogens (tertiary/aromatic N) is 2. The Morgan fingerprint density at radius 1 is 1.19 bits per heavy atom. The molecule has 0 aromatic heterocycles. The van der Waals surface area contributed by atoms with Crippen LogP contribution in [-0.4, -0.2) is 41.6 Å². The lowest BCUT2D eigenvalue weighted by molar-refractivity contribution is -0.384. The predicted molar refractivity (Wildman–Crippen MR) is 73.0 cm³/mol.